The molecule has 194 valence electrons. The van der Waals surface area contributed by atoms with Gasteiger partial charge < -0.3 is 20.5 Å². The third-order valence-corrected chi connectivity index (χ3v) is 4.40. The maximum absolute atomic E-state index is 13.5. The number of alkyl halides is 9. The van der Waals surface area contributed by atoms with E-state index in [4.69, 9.17) is 5.11 Å². The van der Waals surface area contributed by atoms with Crippen LogP contribution in [0.3, 0.4) is 0 Å². The minimum absolute atomic E-state index is 0.0534. The average Bonchev–Trinajstić information content (AvgIpc) is 2.75. The SMILES string of the molecule is OCCNc1nc(Nc2ccc(C(F)(F)F)cc2C(F)(F)F)cc(-c2cccc(OC(F)(F)F)c2)n1. The Bertz CT molecular complexity index is 1210. The minimum atomic E-state index is -5.17. The summed E-state index contributed by atoms with van der Waals surface area (Å²) in [6, 6.07) is 6.57. The number of benzene rings is 2. The van der Waals surface area contributed by atoms with Gasteiger partial charge in [-0.1, -0.05) is 12.1 Å². The number of aliphatic hydroxyl groups excluding tert-OH is 1. The van der Waals surface area contributed by atoms with Gasteiger partial charge in [-0.05, 0) is 30.3 Å². The number of ether oxygens (including phenoxy) is 1. The molecular formula is C21H15F9N4O2. The summed E-state index contributed by atoms with van der Waals surface area (Å²) in [5.74, 6) is -1.15. The number of aromatic nitrogens is 2. The molecule has 1 heterocycles. The molecule has 0 aliphatic rings. The molecule has 0 atom stereocenters. The van der Waals surface area contributed by atoms with Crippen LogP contribution >= 0.6 is 0 Å². The first-order valence-electron chi connectivity index (χ1n) is 9.81. The highest BCUT2D eigenvalue weighted by atomic mass is 19.4. The Labute approximate surface area is 196 Å². The summed E-state index contributed by atoms with van der Waals surface area (Å²) in [4.78, 5) is 7.98. The summed E-state index contributed by atoms with van der Waals surface area (Å²) >= 11 is 0. The van der Waals surface area contributed by atoms with Crippen molar-refractivity contribution < 1.29 is 49.4 Å². The number of anilines is 3. The van der Waals surface area contributed by atoms with Crippen molar-refractivity contribution in [1.82, 2.24) is 9.97 Å². The molecule has 0 fully saturated rings. The molecule has 1 aromatic heterocycles. The van der Waals surface area contributed by atoms with E-state index in [2.05, 4.69) is 25.3 Å². The lowest BCUT2D eigenvalue weighted by molar-refractivity contribution is -0.274. The zero-order valence-electron chi connectivity index (χ0n) is 17.7. The maximum atomic E-state index is 13.5. The fourth-order valence-corrected chi connectivity index (χ4v) is 2.96. The second-order valence-corrected chi connectivity index (χ2v) is 7.07. The van der Waals surface area contributed by atoms with E-state index in [-0.39, 0.29) is 42.2 Å². The van der Waals surface area contributed by atoms with Crippen LogP contribution in [0.25, 0.3) is 11.3 Å². The van der Waals surface area contributed by atoms with Crippen LogP contribution in [0.15, 0.2) is 48.5 Å². The molecule has 3 N–H and O–H groups in total. The molecular weight excluding hydrogens is 511 g/mol. The van der Waals surface area contributed by atoms with Crippen molar-refractivity contribution in [2.75, 3.05) is 23.8 Å². The lowest BCUT2D eigenvalue weighted by atomic mass is 10.1. The second kappa shape index (κ2) is 10.1. The number of nitrogens with one attached hydrogen (secondary N) is 2. The molecule has 0 bridgehead atoms. The molecule has 0 aliphatic heterocycles. The summed E-state index contributed by atoms with van der Waals surface area (Å²) in [5, 5.41) is 13.9. The largest absolute Gasteiger partial charge is 0.573 e. The van der Waals surface area contributed by atoms with E-state index in [1.807, 2.05) is 0 Å². The molecule has 0 radical (unpaired) electrons. The molecule has 3 rings (SSSR count). The van der Waals surface area contributed by atoms with Gasteiger partial charge in [0.25, 0.3) is 0 Å². The summed E-state index contributed by atoms with van der Waals surface area (Å²) in [7, 11) is 0. The van der Waals surface area contributed by atoms with Gasteiger partial charge in [0.15, 0.2) is 0 Å². The van der Waals surface area contributed by atoms with Gasteiger partial charge >= 0.3 is 18.7 Å². The van der Waals surface area contributed by atoms with Crippen LogP contribution in [0.5, 0.6) is 5.75 Å². The first-order valence-corrected chi connectivity index (χ1v) is 9.81. The zero-order valence-corrected chi connectivity index (χ0v) is 17.7. The van der Waals surface area contributed by atoms with Gasteiger partial charge in [-0.2, -0.15) is 31.3 Å². The Balaban J connectivity index is 2.06. The van der Waals surface area contributed by atoms with Crippen LogP contribution in [0.1, 0.15) is 11.1 Å². The lowest BCUT2D eigenvalue weighted by Crippen LogP contribution is -2.17. The first kappa shape index (κ1) is 26.8. The van der Waals surface area contributed by atoms with Gasteiger partial charge in [-0.15, -0.1) is 13.2 Å². The smallest absolute Gasteiger partial charge is 0.406 e. The summed E-state index contributed by atoms with van der Waals surface area (Å²) in [6.45, 7) is -0.476. The summed E-state index contributed by atoms with van der Waals surface area (Å²) in [5.41, 5.74) is -3.92. The number of halogens is 9. The fraction of sp³-hybridized carbons (Fsp3) is 0.238. The first-order chi connectivity index (χ1) is 16.7. The van der Waals surface area contributed by atoms with Gasteiger partial charge in [0.1, 0.15) is 11.6 Å². The highest BCUT2D eigenvalue weighted by Crippen LogP contribution is 2.40. The van der Waals surface area contributed by atoms with Crippen LogP contribution in [-0.4, -0.2) is 34.6 Å². The van der Waals surface area contributed by atoms with E-state index in [1.165, 1.54) is 12.1 Å². The van der Waals surface area contributed by atoms with E-state index in [0.29, 0.717) is 12.1 Å². The second-order valence-electron chi connectivity index (χ2n) is 7.07. The topological polar surface area (TPSA) is 79.3 Å². The standard InChI is InChI=1S/C21H15F9N4O2/c22-19(23,24)12-4-5-15(14(9-12)20(25,26)27)32-17-10-16(33-18(34-17)31-6-7-35)11-2-1-3-13(8-11)36-21(28,29)30/h1-5,8-10,35H,6-7H2,(H2,31,32,33,34). The number of hydrogen-bond acceptors (Lipinski definition) is 6. The highest BCUT2D eigenvalue weighted by molar-refractivity contribution is 5.70. The number of rotatable bonds is 7. The van der Waals surface area contributed by atoms with Crippen molar-refractivity contribution >= 4 is 17.5 Å². The molecule has 36 heavy (non-hydrogen) atoms. The van der Waals surface area contributed by atoms with Gasteiger partial charge in [0, 0.05) is 18.2 Å². The number of aliphatic hydroxyl groups is 1. The Morgan fingerprint density at radius 1 is 0.833 bits per heavy atom. The molecule has 0 unspecified atom stereocenters. The van der Waals surface area contributed by atoms with Crippen LogP contribution in [0, 0.1) is 0 Å². The summed E-state index contributed by atoms with van der Waals surface area (Å²) < 4.78 is 121. The molecule has 0 spiro atoms. The van der Waals surface area contributed by atoms with Gasteiger partial charge in [0.2, 0.25) is 5.95 Å². The van der Waals surface area contributed by atoms with E-state index < -0.39 is 41.3 Å². The molecule has 15 heteroatoms. The third kappa shape index (κ3) is 7.13. The van der Waals surface area contributed by atoms with Crippen LogP contribution in [0.4, 0.5) is 57.0 Å². The van der Waals surface area contributed by atoms with Crippen molar-refractivity contribution in [3.8, 4) is 17.0 Å². The maximum Gasteiger partial charge on any atom is 0.573 e. The van der Waals surface area contributed by atoms with Gasteiger partial charge in [-0.25, -0.2) is 4.98 Å². The van der Waals surface area contributed by atoms with Crippen molar-refractivity contribution in [3.63, 3.8) is 0 Å². The molecule has 2 aromatic carbocycles. The zero-order chi connectivity index (χ0) is 26.7. The molecule has 0 amide bonds. The Hall–Kier alpha value is -3.75. The van der Waals surface area contributed by atoms with Gasteiger partial charge in [-0.3, -0.25) is 0 Å². The van der Waals surface area contributed by atoms with Crippen molar-refractivity contribution in [2.45, 2.75) is 18.7 Å². The monoisotopic (exact) mass is 526 g/mol. The molecule has 0 saturated heterocycles. The molecule has 3 aromatic rings. The van der Waals surface area contributed by atoms with E-state index in [9.17, 15) is 39.5 Å². The Morgan fingerprint density at radius 3 is 2.17 bits per heavy atom. The predicted octanol–water partition coefficient (Wildman–Crippen LogP) is 6.23. The number of nitrogens with zero attached hydrogens (tertiary/aromatic N) is 2. The highest BCUT2D eigenvalue weighted by Gasteiger charge is 2.38. The quantitative estimate of drug-likeness (QED) is 0.317. The van der Waals surface area contributed by atoms with Crippen molar-refractivity contribution in [3.05, 3.63) is 59.7 Å². The molecule has 0 saturated carbocycles. The lowest BCUT2D eigenvalue weighted by Gasteiger charge is -2.17. The fourth-order valence-electron chi connectivity index (χ4n) is 2.96. The normalized spacial score (nSPS) is 12.4. The average molecular weight is 526 g/mol. The molecule has 6 nitrogen and oxygen atoms in total. The van der Waals surface area contributed by atoms with Crippen molar-refractivity contribution in [2.24, 2.45) is 0 Å². The van der Waals surface area contributed by atoms with Crippen LogP contribution < -0.4 is 15.4 Å². The molecule has 0 aliphatic carbocycles. The Kier molecular flexibility index (Phi) is 7.52. The van der Waals surface area contributed by atoms with Crippen molar-refractivity contribution in [1.29, 1.82) is 0 Å². The third-order valence-electron chi connectivity index (χ3n) is 4.40. The van der Waals surface area contributed by atoms with Gasteiger partial charge in [0.05, 0.1) is 29.1 Å². The predicted molar refractivity (Wildman–Crippen MR) is 109 cm³/mol. The van der Waals surface area contributed by atoms with E-state index in [1.54, 1.807) is 0 Å². The van der Waals surface area contributed by atoms with Crippen LogP contribution in [0.2, 0.25) is 0 Å². The minimum Gasteiger partial charge on any atom is -0.406 e. The number of hydrogen-bond donors (Lipinski definition) is 3. The van der Waals surface area contributed by atoms with E-state index in [0.717, 1.165) is 18.2 Å². The summed E-state index contributed by atoms with van der Waals surface area (Å²) in [6.07, 6.45) is -15.2. The van der Waals surface area contributed by atoms with E-state index >= 15 is 0 Å². The Morgan fingerprint density at radius 2 is 1.56 bits per heavy atom. The van der Waals surface area contributed by atoms with Crippen LogP contribution in [-0.2, 0) is 12.4 Å².